The lowest BCUT2D eigenvalue weighted by atomic mass is 10.1. The van der Waals surface area contributed by atoms with E-state index < -0.39 is 5.97 Å². The Morgan fingerprint density at radius 2 is 2.10 bits per heavy atom. The average Bonchev–Trinajstić information content (AvgIpc) is 3.00. The molecule has 112 valence electrons. The molecule has 0 saturated carbocycles. The van der Waals surface area contributed by atoms with Gasteiger partial charge in [0.1, 0.15) is 0 Å². The largest absolute Gasteiger partial charge is 0.463 e. The van der Waals surface area contributed by atoms with Crippen molar-refractivity contribution in [2.75, 3.05) is 13.7 Å². The van der Waals surface area contributed by atoms with Gasteiger partial charge in [0, 0.05) is 18.2 Å². The van der Waals surface area contributed by atoms with Crippen molar-refractivity contribution >= 4 is 5.97 Å². The molecule has 2 N–H and O–H groups in total. The van der Waals surface area contributed by atoms with Crippen LogP contribution < -0.4 is 5.32 Å². The zero-order chi connectivity index (χ0) is 15.1. The fraction of sp³-hybridized carbons (Fsp3) is 0.312. The Morgan fingerprint density at radius 1 is 1.33 bits per heavy atom. The van der Waals surface area contributed by atoms with Crippen molar-refractivity contribution < 1.29 is 19.1 Å². The van der Waals surface area contributed by atoms with Gasteiger partial charge in [0.15, 0.2) is 0 Å². The summed E-state index contributed by atoms with van der Waals surface area (Å²) in [6.45, 7) is 0.444. The lowest BCUT2D eigenvalue weighted by Gasteiger charge is -2.16. The van der Waals surface area contributed by atoms with E-state index in [4.69, 9.17) is 4.42 Å². The molecule has 1 heterocycles. The lowest BCUT2D eigenvalue weighted by Crippen LogP contribution is -2.34. The number of hydrogen-bond donors (Lipinski definition) is 2. The second-order valence-corrected chi connectivity index (χ2v) is 4.72. The first-order valence-electron chi connectivity index (χ1n) is 6.77. The molecular weight excluding hydrogens is 270 g/mol. The molecule has 0 spiro atoms. The standard InChI is InChI=1S/C16H19NO4/c1-20-16(19)15-13(7-8-21-15)10-17-14(11-18)9-12-5-3-2-4-6-12/h2-8,14,17-18H,9-11H2,1H3/t14-/m1/s1. The van der Waals surface area contributed by atoms with Crippen LogP contribution in [0.2, 0.25) is 0 Å². The number of esters is 1. The summed E-state index contributed by atoms with van der Waals surface area (Å²) < 4.78 is 9.78. The van der Waals surface area contributed by atoms with Crippen molar-refractivity contribution in [1.29, 1.82) is 0 Å². The summed E-state index contributed by atoms with van der Waals surface area (Å²) in [4.78, 5) is 11.5. The lowest BCUT2D eigenvalue weighted by molar-refractivity contribution is 0.0563. The van der Waals surface area contributed by atoms with Crippen LogP contribution in [0.4, 0.5) is 0 Å². The number of carbonyl (C=O) groups excluding carboxylic acids is 1. The fourth-order valence-electron chi connectivity index (χ4n) is 2.10. The van der Waals surface area contributed by atoms with E-state index in [2.05, 4.69) is 10.1 Å². The molecule has 0 radical (unpaired) electrons. The van der Waals surface area contributed by atoms with E-state index in [1.807, 2.05) is 30.3 Å². The quantitative estimate of drug-likeness (QED) is 0.760. The van der Waals surface area contributed by atoms with Gasteiger partial charge in [-0.05, 0) is 18.1 Å². The molecule has 21 heavy (non-hydrogen) atoms. The highest BCUT2D eigenvalue weighted by atomic mass is 16.5. The first-order chi connectivity index (χ1) is 10.2. The van der Waals surface area contributed by atoms with E-state index in [0.29, 0.717) is 18.5 Å². The van der Waals surface area contributed by atoms with E-state index in [1.54, 1.807) is 6.07 Å². The number of carbonyl (C=O) groups is 1. The van der Waals surface area contributed by atoms with Crippen LogP contribution in [0.3, 0.4) is 0 Å². The molecule has 0 aliphatic carbocycles. The van der Waals surface area contributed by atoms with Gasteiger partial charge in [0.05, 0.1) is 20.0 Å². The van der Waals surface area contributed by atoms with Gasteiger partial charge in [0.25, 0.3) is 0 Å². The molecule has 5 heteroatoms. The van der Waals surface area contributed by atoms with Crippen LogP contribution in [0.25, 0.3) is 0 Å². The van der Waals surface area contributed by atoms with Crippen LogP contribution in [-0.2, 0) is 17.7 Å². The minimum atomic E-state index is -0.500. The molecular formula is C16H19NO4. The van der Waals surface area contributed by atoms with Gasteiger partial charge in [-0.25, -0.2) is 4.79 Å². The fourth-order valence-corrected chi connectivity index (χ4v) is 2.10. The van der Waals surface area contributed by atoms with Gasteiger partial charge in [-0.1, -0.05) is 30.3 Å². The van der Waals surface area contributed by atoms with Gasteiger partial charge in [-0.2, -0.15) is 0 Å². The molecule has 0 unspecified atom stereocenters. The number of aliphatic hydroxyl groups is 1. The maximum atomic E-state index is 11.5. The van der Waals surface area contributed by atoms with Gasteiger partial charge in [-0.15, -0.1) is 0 Å². The molecule has 0 bridgehead atoms. The van der Waals surface area contributed by atoms with E-state index in [0.717, 1.165) is 5.56 Å². The third-order valence-electron chi connectivity index (χ3n) is 3.24. The number of aliphatic hydroxyl groups excluding tert-OH is 1. The molecule has 0 aliphatic rings. The Labute approximate surface area is 123 Å². The minimum Gasteiger partial charge on any atom is -0.463 e. The van der Waals surface area contributed by atoms with Crippen molar-refractivity contribution in [2.45, 2.75) is 19.0 Å². The Kier molecular flexibility index (Phi) is 5.54. The van der Waals surface area contributed by atoms with Gasteiger partial charge < -0.3 is 19.6 Å². The number of nitrogens with one attached hydrogen (secondary N) is 1. The van der Waals surface area contributed by atoms with Gasteiger partial charge in [-0.3, -0.25) is 0 Å². The first kappa shape index (κ1) is 15.3. The van der Waals surface area contributed by atoms with Crippen molar-refractivity contribution in [3.63, 3.8) is 0 Å². The molecule has 1 atom stereocenters. The predicted octanol–water partition coefficient (Wildman–Crippen LogP) is 1.76. The van der Waals surface area contributed by atoms with E-state index in [1.165, 1.54) is 13.4 Å². The second kappa shape index (κ2) is 7.61. The normalized spacial score (nSPS) is 12.1. The highest BCUT2D eigenvalue weighted by Gasteiger charge is 2.17. The molecule has 5 nitrogen and oxygen atoms in total. The maximum absolute atomic E-state index is 11.5. The molecule has 0 aliphatic heterocycles. The monoisotopic (exact) mass is 289 g/mol. The minimum absolute atomic E-state index is 0.0142. The zero-order valence-corrected chi connectivity index (χ0v) is 11.9. The summed E-state index contributed by atoms with van der Waals surface area (Å²) >= 11 is 0. The van der Waals surface area contributed by atoms with Crippen LogP contribution in [-0.4, -0.2) is 30.8 Å². The Balaban J connectivity index is 1.94. The third-order valence-corrected chi connectivity index (χ3v) is 3.24. The van der Waals surface area contributed by atoms with E-state index in [-0.39, 0.29) is 18.4 Å². The summed E-state index contributed by atoms with van der Waals surface area (Å²) in [7, 11) is 1.31. The highest BCUT2D eigenvalue weighted by molar-refractivity contribution is 5.87. The second-order valence-electron chi connectivity index (χ2n) is 4.72. The van der Waals surface area contributed by atoms with Crippen LogP contribution >= 0.6 is 0 Å². The highest BCUT2D eigenvalue weighted by Crippen LogP contribution is 2.12. The van der Waals surface area contributed by atoms with Crippen molar-refractivity contribution in [3.05, 3.63) is 59.5 Å². The summed E-state index contributed by atoms with van der Waals surface area (Å²) in [6.07, 6.45) is 2.16. The van der Waals surface area contributed by atoms with Crippen LogP contribution in [0.1, 0.15) is 21.7 Å². The summed E-state index contributed by atoms with van der Waals surface area (Å²) in [6, 6.07) is 11.6. The number of ether oxygens (including phenoxy) is 1. The van der Waals surface area contributed by atoms with Gasteiger partial charge in [0.2, 0.25) is 5.76 Å². The zero-order valence-electron chi connectivity index (χ0n) is 11.9. The third kappa shape index (κ3) is 4.18. The molecule has 0 fully saturated rings. The number of hydrogen-bond acceptors (Lipinski definition) is 5. The van der Waals surface area contributed by atoms with Crippen molar-refractivity contribution in [3.8, 4) is 0 Å². The van der Waals surface area contributed by atoms with Crippen LogP contribution in [0.15, 0.2) is 47.1 Å². The predicted molar refractivity (Wildman–Crippen MR) is 77.9 cm³/mol. The topological polar surface area (TPSA) is 71.7 Å². The smallest absolute Gasteiger partial charge is 0.374 e. The summed E-state index contributed by atoms with van der Waals surface area (Å²) in [5.74, 6) is -0.304. The first-order valence-corrected chi connectivity index (χ1v) is 6.77. The van der Waals surface area contributed by atoms with E-state index >= 15 is 0 Å². The molecule has 2 aromatic rings. The molecule has 1 aromatic heterocycles. The molecule has 0 amide bonds. The van der Waals surface area contributed by atoms with Gasteiger partial charge >= 0.3 is 5.97 Å². The Hall–Kier alpha value is -2.11. The molecule has 1 aromatic carbocycles. The number of rotatable bonds is 7. The number of furan rings is 1. The number of methoxy groups -OCH3 is 1. The molecule has 2 rings (SSSR count). The number of benzene rings is 1. The SMILES string of the molecule is COC(=O)c1occc1CN[C@@H](CO)Cc1ccccc1. The average molecular weight is 289 g/mol. The van der Waals surface area contributed by atoms with Crippen LogP contribution in [0.5, 0.6) is 0 Å². The maximum Gasteiger partial charge on any atom is 0.374 e. The van der Waals surface area contributed by atoms with Crippen molar-refractivity contribution in [1.82, 2.24) is 5.32 Å². The Bertz CT molecular complexity index is 565. The van der Waals surface area contributed by atoms with Crippen molar-refractivity contribution in [2.24, 2.45) is 0 Å². The summed E-state index contributed by atoms with van der Waals surface area (Å²) in [5.41, 5.74) is 1.86. The van der Waals surface area contributed by atoms with Crippen LogP contribution in [0, 0.1) is 0 Å². The van der Waals surface area contributed by atoms with E-state index in [9.17, 15) is 9.90 Å². The Morgan fingerprint density at radius 3 is 2.76 bits per heavy atom. The molecule has 0 saturated heterocycles. The summed E-state index contributed by atoms with van der Waals surface area (Å²) in [5, 5.41) is 12.7.